The molecule has 172 valence electrons. The molecule has 1 fully saturated rings. The molecule has 2 heterocycles. The van der Waals surface area contributed by atoms with Crippen LogP contribution in [0.3, 0.4) is 0 Å². The normalized spacial score (nSPS) is 14.2. The number of hydrogen-bond donors (Lipinski definition) is 1. The number of para-hydroxylation sites is 1. The van der Waals surface area contributed by atoms with Crippen molar-refractivity contribution in [1.82, 2.24) is 0 Å². The number of nitro benzene ring substituents is 1. The summed E-state index contributed by atoms with van der Waals surface area (Å²) in [6.45, 7) is 1.73. The number of carbonyl (C=O) groups excluding carboxylic acids is 1. The molecule has 0 saturated carbocycles. The van der Waals surface area contributed by atoms with Crippen molar-refractivity contribution in [2.45, 2.75) is 6.18 Å². The Labute approximate surface area is 185 Å². The summed E-state index contributed by atoms with van der Waals surface area (Å²) in [6.07, 6.45) is -4.59. The minimum atomic E-state index is -4.59. The number of nitro groups is 1. The van der Waals surface area contributed by atoms with Crippen LogP contribution in [0.5, 0.6) is 0 Å². The van der Waals surface area contributed by atoms with Gasteiger partial charge in [0.1, 0.15) is 5.76 Å². The molecule has 1 aliphatic rings. The second-order valence-corrected chi connectivity index (χ2v) is 7.22. The topological polar surface area (TPSA) is 97.9 Å². The van der Waals surface area contributed by atoms with Crippen molar-refractivity contribution in [3.63, 3.8) is 0 Å². The van der Waals surface area contributed by atoms with Crippen molar-refractivity contribution in [3.8, 4) is 11.3 Å². The number of hydrogen-bond acceptors (Lipinski definition) is 6. The molecule has 33 heavy (non-hydrogen) atoms. The molecule has 2 aromatic carbocycles. The van der Waals surface area contributed by atoms with E-state index in [2.05, 4.69) is 5.32 Å². The summed E-state index contributed by atoms with van der Waals surface area (Å²) in [5.74, 6) is -0.896. The standard InChI is InChI=1S/C22H18F3N3O5/c23-22(24,25)14-5-6-18(27-9-11-32-12-10-27)16(13-14)26-21(29)20-8-7-19(33-20)15-3-1-2-4-17(15)28(30)31/h1-8,13H,9-12H2,(H,26,29). The Bertz CT molecular complexity index is 1190. The quantitative estimate of drug-likeness (QED) is 0.426. The number of anilines is 2. The Morgan fingerprint density at radius 1 is 1.06 bits per heavy atom. The zero-order valence-electron chi connectivity index (χ0n) is 17.1. The number of furan rings is 1. The van der Waals surface area contributed by atoms with Crippen molar-refractivity contribution >= 4 is 23.0 Å². The fourth-order valence-electron chi connectivity index (χ4n) is 3.52. The fourth-order valence-corrected chi connectivity index (χ4v) is 3.52. The van der Waals surface area contributed by atoms with Gasteiger partial charge in [-0.25, -0.2) is 0 Å². The van der Waals surface area contributed by atoms with Gasteiger partial charge in [-0.15, -0.1) is 0 Å². The summed E-state index contributed by atoms with van der Waals surface area (Å²) < 4.78 is 50.6. The summed E-state index contributed by atoms with van der Waals surface area (Å²) in [5.41, 5.74) is -0.540. The van der Waals surface area contributed by atoms with E-state index in [9.17, 15) is 28.1 Å². The van der Waals surface area contributed by atoms with Crippen LogP contribution >= 0.6 is 0 Å². The molecule has 0 bridgehead atoms. The minimum Gasteiger partial charge on any atom is -0.451 e. The van der Waals surface area contributed by atoms with Gasteiger partial charge in [0.2, 0.25) is 0 Å². The fraction of sp³-hybridized carbons (Fsp3) is 0.227. The monoisotopic (exact) mass is 461 g/mol. The van der Waals surface area contributed by atoms with Gasteiger partial charge < -0.3 is 19.4 Å². The van der Waals surface area contributed by atoms with Crippen LogP contribution in [0, 0.1) is 10.1 Å². The van der Waals surface area contributed by atoms with Gasteiger partial charge in [0.05, 0.1) is 40.6 Å². The number of carbonyl (C=O) groups is 1. The predicted octanol–water partition coefficient (Wildman–Crippen LogP) is 4.96. The SMILES string of the molecule is O=C(Nc1cc(C(F)(F)F)ccc1N1CCOCC1)c1ccc(-c2ccccc2[N+](=O)[O-])o1. The van der Waals surface area contributed by atoms with E-state index in [-0.39, 0.29) is 28.5 Å². The van der Waals surface area contributed by atoms with Crippen LogP contribution in [0.4, 0.5) is 30.2 Å². The summed E-state index contributed by atoms with van der Waals surface area (Å²) in [6, 6.07) is 11.7. The highest BCUT2D eigenvalue weighted by molar-refractivity contribution is 6.04. The molecule has 0 unspecified atom stereocenters. The summed E-state index contributed by atoms with van der Waals surface area (Å²) in [5, 5.41) is 13.7. The molecule has 0 radical (unpaired) electrons. The molecule has 1 aromatic heterocycles. The Hall–Kier alpha value is -3.86. The Morgan fingerprint density at radius 2 is 1.79 bits per heavy atom. The molecular weight excluding hydrogens is 443 g/mol. The third-order valence-corrected chi connectivity index (χ3v) is 5.12. The highest BCUT2D eigenvalue weighted by Gasteiger charge is 2.32. The Kier molecular flexibility index (Phi) is 6.05. The van der Waals surface area contributed by atoms with Crippen LogP contribution in [0.2, 0.25) is 0 Å². The van der Waals surface area contributed by atoms with E-state index in [1.807, 2.05) is 4.90 Å². The molecule has 1 amide bonds. The number of amides is 1. The van der Waals surface area contributed by atoms with Crippen molar-refractivity contribution in [2.24, 2.45) is 0 Å². The number of benzene rings is 2. The van der Waals surface area contributed by atoms with Gasteiger partial charge in [-0.2, -0.15) is 13.2 Å². The molecule has 4 rings (SSSR count). The molecule has 1 N–H and O–H groups in total. The maximum atomic E-state index is 13.3. The smallest absolute Gasteiger partial charge is 0.416 e. The minimum absolute atomic E-state index is 0.0274. The first-order chi connectivity index (χ1) is 15.7. The average molecular weight is 461 g/mol. The van der Waals surface area contributed by atoms with Crippen molar-refractivity contribution in [1.29, 1.82) is 0 Å². The van der Waals surface area contributed by atoms with E-state index in [0.29, 0.717) is 32.0 Å². The zero-order chi connectivity index (χ0) is 23.6. The third-order valence-electron chi connectivity index (χ3n) is 5.12. The lowest BCUT2D eigenvalue weighted by Crippen LogP contribution is -2.36. The lowest BCUT2D eigenvalue weighted by molar-refractivity contribution is -0.384. The number of rotatable bonds is 5. The van der Waals surface area contributed by atoms with E-state index in [1.54, 1.807) is 6.07 Å². The van der Waals surface area contributed by atoms with Crippen LogP contribution in [-0.4, -0.2) is 37.1 Å². The Morgan fingerprint density at radius 3 is 2.48 bits per heavy atom. The first-order valence-corrected chi connectivity index (χ1v) is 9.93. The number of morpholine rings is 1. The van der Waals surface area contributed by atoms with Crippen LogP contribution in [-0.2, 0) is 10.9 Å². The van der Waals surface area contributed by atoms with Crippen LogP contribution in [0.25, 0.3) is 11.3 Å². The molecule has 0 spiro atoms. The number of halogens is 3. The Balaban J connectivity index is 1.64. The molecule has 3 aromatic rings. The molecule has 11 heteroatoms. The summed E-state index contributed by atoms with van der Waals surface area (Å²) in [7, 11) is 0. The summed E-state index contributed by atoms with van der Waals surface area (Å²) >= 11 is 0. The van der Waals surface area contributed by atoms with Crippen LogP contribution in [0.1, 0.15) is 16.1 Å². The number of alkyl halides is 3. The first kappa shape index (κ1) is 22.3. The van der Waals surface area contributed by atoms with Crippen molar-refractivity contribution in [3.05, 3.63) is 76.0 Å². The maximum Gasteiger partial charge on any atom is 0.416 e. The third kappa shape index (κ3) is 4.82. The van der Waals surface area contributed by atoms with Gasteiger partial charge in [0.15, 0.2) is 5.76 Å². The van der Waals surface area contributed by atoms with E-state index < -0.39 is 22.6 Å². The lowest BCUT2D eigenvalue weighted by Gasteiger charge is -2.30. The molecular formula is C22H18F3N3O5. The van der Waals surface area contributed by atoms with Gasteiger partial charge in [0.25, 0.3) is 11.6 Å². The van der Waals surface area contributed by atoms with Crippen LogP contribution < -0.4 is 10.2 Å². The largest absolute Gasteiger partial charge is 0.451 e. The van der Waals surface area contributed by atoms with E-state index in [1.165, 1.54) is 36.4 Å². The number of nitrogens with zero attached hydrogens (tertiary/aromatic N) is 2. The maximum absolute atomic E-state index is 13.3. The highest BCUT2D eigenvalue weighted by Crippen LogP contribution is 2.36. The second-order valence-electron chi connectivity index (χ2n) is 7.22. The molecule has 1 saturated heterocycles. The van der Waals surface area contributed by atoms with Gasteiger partial charge in [0, 0.05) is 19.2 Å². The van der Waals surface area contributed by atoms with Gasteiger partial charge in [-0.05, 0) is 36.4 Å². The second kappa shape index (κ2) is 8.94. The van der Waals surface area contributed by atoms with Crippen molar-refractivity contribution in [2.75, 3.05) is 36.5 Å². The van der Waals surface area contributed by atoms with E-state index in [0.717, 1.165) is 12.1 Å². The summed E-state index contributed by atoms with van der Waals surface area (Å²) in [4.78, 5) is 25.3. The van der Waals surface area contributed by atoms with Gasteiger partial charge >= 0.3 is 6.18 Å². The van der Waals surface area contributed by atoms with Crippen molar-refractivity contribution < 1.29 is 32.0 Å². The number of nitrogens with one attached hydrogen (secondary N) is 1. The zero-order valence-corrected chi connectivity index (χ0v) is 17.1. The molecule has 0 atom stereocenters. The molecule has 8 nitrogen and oxygen atoms in total. The first-order valence-electron chi connectivity index (χ1n) is 9.93. The molecule has 0 aliphatic carbocycles. The van der Waals surface area contributed by atoms with E-state index in [4.69, 9.17) is 9.15 Å². The number of ether oxygens (including phenoxy) is 1. The van der Waals surface area contributed by atoms with E-state index >= 15 is 0 Å². The molecule has 1 aliphatic heterocycles. The van der Waals surface area contributed by atoms with Gasteiger partial charge in [-0.3, -0.25) is 14.9 Å². The lowest BCUT2D eigenvalue weighted by atomic mass is 10.1. The van der Waals surface area contributed by atoms with Crippen LogP contribution in [0.15, 0.2) is 59.0 Å². The van der Waals surface area contributed by atoms with Gasteiger partial charge in [-0.1, -0.05) is 12.1 Å². The predicted molar refractivity (Wildman–Crippen MR) is 113 cm³/mol. The average Bonchev–Trinajstić information content (AvgIpc) is 3.29. The highest BCUT2D eigenvalue weighted by atomic mass is 19.4.